The Morgan fingerprint density at radius 1 is 1.41 bits per heavy atom. The van der Waals surface area contributed by atoms with E-state index in [1.807, 2.05) is 6.07 Å². The van der Waals surface area contributed by atoms with Gasteiger partial charge in [0.2, 0.25) is 0 Å². The Balaban J connectivity index is 0.000000325. The molecule has 0 atom stereocenters. The fraction of sp³-hybridized carbons (Fsp3) is 0.778. The molecule has 3 N–H and O–H groups in total. The van der Waals surface area contributed by atoms with E-state index in [0.29, 0.717) is 12.8 Å². The maximum Gasteiger partial charge on any atom is 0.490 e. The molecule has 0 aromatic carbocycles. The number of hydrogen-bond acceptors (Lipinski definition) is 4. The van der Waals surface area contributed by atoms with Gasteiger partial charge in [0.15, 0.2) is 0 Å². The first-order valence-electron chi connectivity index (χ1n) is 4.81. The van der Waals surface area contributed by atoms with Crippen molar-refractivity contribution < 1.29 is 28.2 Å². The number of nitrogens with one attached hydrogen (secondary N) is 1. The molecular weight excluding hydrogens is 241 g/mol. The molecule has 17 heavy (non-hydrogen) atoms. The number of alkyl halides is 3. The number of nitriles is 1. The largest absolute Gasteiger partial charge is 0.490 e. The molecule has 0 aromatic rings. The van der Waals surface area contributed by atoms with Crippen molar-refractivity contribution in [2.45, 2.75) is 31.0 Å². The molecule has 0 aromatic heterocycles. The lowest BCUT2D eigenvalue weighted by Crippen LogP contribution is -2.41. The van der Waals surface area contributed by atoms with E-state index in [2.05, 4.69) is 5.32 Å². The van der Waals surface area contributed by atoms with Gasteiger partial charge >= 0.3 is 12.1 Å². The van der Waals surface area contributed by atoms with Crippen LogP contribution in [0.4, 0.5) is 13.2 Å². The van der Waals surface area contributed by atoms with Crippen molar-refractivity contribution in [1.29, 1.82) is 5.26 Å². The summed E-state index contributed by atoms with van der Waals surface area (Å²) in [5.41, 5.74) is -0.694. The lowest BCUT2D eigenvalue weighted by atomic mass is 9.90. The minimum absolute atomic E-state index is 0.272. The van der Waals surface area contributed by atoms with E-state index in [0.717, 1.165) is 13.1 Å². The predicted molar refractivity (Wildman–Crippen MR) is 51.0 cm³/mol. The SMILES string of the molecule is N#CCC1(O)CCNCC1.O=C(O)C(F)(F)F. The number of piperidine rings is 1. The minimum Gasteiger partial charge on any atom is -0.475 e. The number of carboxylic acids is 1. The zero-order valence-corrected chi connectivity index (χ0v) is 8.92. The summed E-state index contributed by atoms with van der Waals surface area (Å²) in [6.45, 7) is 1.66. The number of aliphatic carboxylic acids is 1. The quantitative estimate of drug-likeness (QED) is 0.638. The number of carbonyl (C=O) groups is 1. The molecule has 1 heterocycles. The fourth-order valence-electron chi connectivity index (χ4n) is 1.22. The fourth-order valence-corrected chi connectivity index (χ4v) is 1.22. The number of rotatable bonds is 1. The summed E-state index contributed by atoms with van der Waals surface area (Å²) in [5, 5.41) is 28.2. The monoisotopic (exact) mass is 254 g/mol. The van der Waals surface area contributed by atoms with Gasteiger partial charge in [-0.1, -0.05) is 0 Å². The average Bonchev–Trinajstić information content (AvgIpc) is 2.18. The summed E-state index contributed by atoms with van der Waals surface area (Å²) >= 11 is 0. The van der Waals surface area contributed by atoms with Gasteiger partial charge in [-0.2, -0.15) is 18.4 Å². The van der Waals surface area contributed by atoms with Crippen LogP contribution in [0.15, 0.2) is 0 Å². The van der Waals surface area contributed by atoms with E-state index < -0.39 is 17.7 Å². The Morgan fingerprint density at radius 2 is 1.82 bits per heavy atom. The van der Waals surface area contributed by atoms with Crippen molar-refractivity contribution in [2.24, 2.45) is 0 Å². The summed E-state index contributed by atoms with van der Waals surface area (Å²) in [7, 11) is 0. The highest BCUT2D eigenvalue weighted by Crippen LogP contribution is 2.20. The van der Waals surface area contributed by atoms with Gasteiger partial charge in [0.25, 0.3) is 0 Å². The maximum atomic E-state index is 10.6. The van der Waals surface area contributed by atoms with Crippen molar-refractivity contribution >= 4 is 5.97 Å². The second-order valence-corrected chi connectivity index (χ2v) is 3.61. The molecule has 8 heteroatoms. The zero-order chi connectivity index (χ0) is 13.5. The molecular formula is C9H13F3N2O3. The summed E-state index contributed by atoms with van der Waals surface area (Å²) in [6, 6.07) is 2.00. The Morgan fingerprint density at radius 3 is 2.12 bits per heavy atom. The van der Waals surface area contributed by atoms with Crippen molar-refractivity contribution in [3.05, 3.63) is 0 Å². The lowest BCUT2D eigenvalue weighted by molar-refractivity contribution is -0.192. The molecule has 0 aliphatic carbocycles. The third kappa shape index (κ3) is 6.76. The standard InChI is InChI=1S/C7H12N2O.C2HF3O2/c8-4-1-7(10)2-5-9-6-3-7;3-2(4,5)1(6)7/h9-10H,1-3,5-6H2;(H,6,7). The first-order chi connectivity index (χ1) is 7.71. The average molecular weight is 254 g/mol. The van der Waals surface area contributed by atoms with E-state index in [1.54, 1.807) is 0 Å². The highest BCUT2D eigenvalue weighted by molar-refractivity contribution is 5.73. The van der Waals surface area contributed by atoms with Crippen molar-refractivity contribution in [2.75, 3.05) is 13.1 Å². The van der Waals surface area contributed by atoms with Crippen LogP contribution in [0.5, 0.6) is 0 Å². The molecule has 1 aliphatic rings. The van der Waals surface area contributed by atoms with Crippen molar-refractivity contribution in [1.82, 2.24) is 5.32 Å². The minimum atomic E-state index is -5.08. The van der Waals surface area contributed by atoms with E-state index in [1.165, 1.54) is 0 Å². The van der Waals surface area contributed by atoms with Crippen LogP contribution in [0, 0.1) is 11.3 Å². The number of carboxylic acid groups (broad SMARTS) is 1. The molecule has 0 amide bonds. The molecule has 1 saturated heterocycles. The van der Waals surface area contributed by atoms with Gasteiger partial charge < -0.3 is 15.5 Å². The third-order valence-electron chi connectivity index (χ3n) is 2.18. The Bertz CT molecular complexity index is 293. The Hall–Kier alpha value is -1.33. The van der Waals surface area contributed by atoms with Crippen LogP contribution >= 0.6 is 0 Å². The van der Waals surface area contributed by atoms with Gasteiger partial charge in [0.1, 0.15) is 0 Å². The molecule has 0 spiro atoms. The zero-order valence-electron chi connectivity index (χ0n) is 8.92. The van der Waals surface area contributed by atoms with Crippen LogP contribution in [-0.4, -0.2) is 41.0 Å². The van der Waals surface area contributed by atoms with Gasteiger partial charge in [0, 0.05) is 0 Å². The van der Waals surface area contributed by atoms with Crippen LogP contribution < -0.4 is 5.32 Å². The Kier molecular flexibility index (Phi) is 5.91. The number of aliphatic hydroxyl groups is 1. The molecule has 5 nitrogen and oxygen atoms in total. The van der Waals surface area contributed by atoms with Gasteiger partial charge in [0.05, 0.1) is 18.1 Å². The van der Waals surface area contributed by atoms with E-state index in [4.69, 9.17) is 15.2 Å². The van der Waals surface area contributed by atoms with Crippen LogP contribution in [0.2, 0.25) is 0 Å². The summed E-state index contributed by atoms with van der Waals surface area (Å²) in [6.07, 6.45) is -3.39. The predicted octanol–water partition coefficient (Wildman–Crippen LogP) is 0.648. The number of halogens is 3. The van der Waals surface area contributed by atoms with Gasteiger partial charge in [-0.05, 0) is 25.9 Å². The molecule has 1 fully saturated rings. The number of hydrogen-bond donors (Lipinski definition) is 3. The highest BCUT2D eigenvalue weighted by atomic mass is 19.4. The molecule has 98 valence electrons. The molecule has 1 rings (SSSR count). The third-order valence-corrected chi connectivity index (χ3v) is 2.18. The molecule has 0 bridgehead atoms. The topological polar surface area (TPSA) is 93.4 Å². The summed E-state index contributed by atoms with van der Waals surface area (Å²) in [4.78, 5) is 8.90. The van der Waals surface area contributed by atoms with Crippen LogP contribution in [0.3, 0.4) is 0 Å². The highest BCUT2D eigenvalue weighted by Gasteiger charge is 2.38. The Labute approximate surface area is 95.8 Å². The number of nitrogens with zero attached hydrogens (tertiary/aromatic N) is 1. The first-order valence-corrected chi connectivity index (χ1v) is 4.81. The smallest absolute Gasteiger partial charge is 0.475 e. The van der Waals surface area contributed by atoms with Gasteiger partial charge in [-0.3, -0.25) is 0 Å². The molecule has 0 saturated carbocycles. The van der Waals surface area contributed by atoms with Crippen LogP contribution in [0.25, 0.3) is 0 Å². The van der Waals surface area contributed by atoms with Crippen molar-refractivity contribution in [3.8, 4) is 6.07 Å². The summed E-state index contributed by atoms with van der Waals surface area (Å²) < 4.78 is 31.7. The van der Waals surface area contributed by atoms with E-state index in [9.17, 15) is 18.3 Å². The van der Waals surface area contributed by atoms with Gasteiger partial charge in [-0.15, -0.1) is 0 Å². The first kappa shape index (κ1) is 15.7. The lowest BCUT2D eigenvalue weighted by Gasteiger charge is -2.29. The normalized spacial score (nSPS) is 18.5. The maximum absolute atomic E-state index is 10.6. The van der Waals surface area contributed by atoms with E-state index >= 15 is 0 Å². The molecule has 0 radical (unpaired) electrons. The molecule has 0 unspecified atom stereocenters. The summed E-state index contributed by atoms with van der Waals surface area (Å²) in [5.74, 6) is -2.76. The second-order valence-electron chi connectivity index (χ2n) is 3.61. The van der Waals surface area contributed by atoms with Crippen molar-refractivity contribution in [3.63, 3.8) is 0 Å². The van der Waals surface area contributed by atoms with Gasteiger partial charge in [-0.25, -0.2) is 4.79 Å². The van der Waals surface area contributed by atoms with Crippen LogP contribution in [0.1, 0.15) is 19.3 Å². The van der Waals surface area contributed by atoms with E-state index in [-0.39, 0.29) is 6.42 Å². The molecule has 1 aliphatic heterocycles. The second kappa shape index (κ2) is 6.42. The van der Waals surface area contributed by atoms with Crippen LogP contribution in [-0.2, 0) is 4.79 Å².